The Labute approximate surface area is 242 Å². The first-order chi connectivity index (χ1) is 19.8. The lowest BCUT2D eigenvalue weighted by atomic mass is 9.91. The van der Waals surface area contributed by atoms with E-state index in [1.54, 1.807) is 39.8 Å². The van der Waals surface area contributed by atoms with Gasteiger partial charge in [-0.2, -0.15) is 0 Å². The maximum Gasteiger partial charge on any atom is 0.418 e. The maximum atomic E-state index is 15.5. The van der Waals surface area contributed by atoms with Crippen LogP contribution in [0.3, 0.4) is 0 Å². The number of hydrogen-bond donors (Lipinski definition) is 2. The van der Waals surface area contributed by atoms with Gasteiger partial charge in [0.25, 0.3) is 0 Å². The summed E-state index contributed by atoms with van der Waals surface area (Å²) < 4.78 is 33.9. The maximum absolute atomic E-state index is 15.5. The first-order valence-electron chi connectivity index (χ1n) is 13.6. The lowest BCUT2D eigenvalue weighted by Gasteiger charge is -2.28. The highest BCUT2D eigenvalue weighted by Gasteiger charge is 2.34. The quantitative estimate of drug-likeness (QED) is 0.273. The Morgan fingerprint density at radius 2 is 1.86 bits per heavy atom. The number of aromatic nitrogens is 3. The first kappa shape index (κ1) is 29.0. The van der Waals surface area contributed by atoms with Crippen molar-refractivity contribution in [1.29, 1.82) is 0 Å². The van der Waals surface area contributed by atoms with Gasteiger partial charge in [-0.05, 0) is 78.1 Å². The van der Waals surface area contributed by atoms with E-state index in [0.717, 1.165) is 17.5 Å². The number of aliphatic carboxylic acids is 1. The third-order valence-electron chi connectivity index (χ3n) is 6.94. The van der Waals surface area contributed by atoms with Crippen molar-refractivity contribution in [1.82, 2.24) is 14.6 Å². The molecule has 42 heavy (non-hydrogen) atoms. The molecule has 3 heterocycles. The van der Waals surface area contributed by atoms with Crippen LogP contribution in [0.5, 0.6) is 11.5 Å². The SMILES string of the molecule is Cc1ccc(OC(=O)Nc2cc3nc(C)c([C@H](OC(C)(C)C)C(=O)O)c(-c4cc(F)c5c(c4C)CCCO5)n3n2)cc1. The van der Waals surface area contributed by atoms with Crippen LogP contribution in [0.2, 0.25) is 0 Å². The molecule has 0 unspecified atom stereocenters. The minimum Gasteiger partial charge on any atom is -0.490 e. The van der Waals surface area contributed by atoms with Crippen molar-refractivity contribution in [2.75, 3.05) is 11.9 Å². The van der Waals surface area contributed by atoms with Crippen LogP contribution >= 0.6 is 0 Å². The van der Waals surface area contributed by atoms with E-state index in [0.29, 0.717) is 46.9 Å². The number of nitrogens with one attached hydrogen (secondary N) is 1. The molecule has 11 heteroatoms. The van der Waals surface area contributed by atoms with E-state index in [-0.39, 0.29) is 17.1 Å². The van der Waals surface area contributed by atoms with Crippen LogP contribution in [0.4, 0.5) is 15.0 Å². The number of fused-ring (bicyclic) bond motifs is 2. The van der Waals surface area contributed by atoms with E-state index in [1.807, 2.05) is 26.0 Å². The number of amides is 1. The number of carbonyl (C=O) groups excluding carboxylic acids is 1. The highest BCUT2D eigenvalue weighted by Crippen LogP contribution is 2.41. The Morgan fingerprint density at radius 1 is 1.14 bits per heavy atom. The Balaban J connectivity index is 1.69. The Hall–Kier alpha value is -4.51. The molecule has 0 saturated heterocycles. The fourth-order valence-corrected chi connectivity index (χ4v) is 5.10. The summed E-state index contributed by atoms with van der Waals surface area (Å²) in [6, 6.07) is 9.84. The van der Waals surface area contributed by atoms with Gasteiger partial charge in [-0.15, -0.1) is 5.10 Å². The van der Waals surface area contributed by atoms with Crippen LogP contribution in [0.25, 0.3) is 16.9 Å². The lowest BCUT2D eigenvalue weighted by Crippen LogP contribution is -2.29. The number of anilines is 1. The molecule has 1 aliphatic rings. The average molecular weight is 577 g/mol. The normalized spacial score (nSPS) is 13.8. The molecule has 4 aromatic rings. The molecule has 5 rings (SSSR count). The zero-order valence-electron chi connectivity index (χ0n) is 24.4. The largest absolute Gasteiger partial charge is 0.490 e. The Kier molecular flexibility index (Phi) is 7.63. The van der Waals surface area contributed by atoms with Gasteiger partial charge >= 0.3 is 12.1 Å². The minimum atomic E-state index is -1.45. The van der Waals surface area contributed by atoms with Gasteiger partial charge < -0.3 is 19.3 Å². The molecule has 0 bridgehead atoms. The molecule has 2 aromatic carbocycles. The molecule has 1 amide bonds. The minimum absolute atomic E-state index is 0.112. The van der Waals surface area contributed by atoms with E-state index in [2.05, 4.69) is 15.4 Å². The van der Waals surface area contributed by atoms with E-state index in [9.17, 15) is 14.7 Å². The van der Waals surface area contributed by atoms with E-state index in [1.165, 1.54) is 16.6 Å². The summed E-state index contributed by atoms with van der Waals surface area (Å²) in [5.74, 6) is -1.13. The number of carbonyl (C=O) groups is 2. The summed E-state index contributed by atoms with van der Waals surface area (Å²) in [6.07, 6.45) is -0.892. The molecule has 0 saturated carbocycles. The summed E-state index contributed by atoms with van der Waals surface area (Å²) in [5, 5.41) is 17.5. The topological polar surface area (TPSA) is 124 Å². The fraction of sp³-hybridized carbons (Fsp3) is 0.355. The van der Waals surface area contributed by atoms with E-state index >= 15 is 4.39 Å². The number of hydrogen-bond acceptors (Lipinski definition) is 7. The standard InChI is InChI=1S/C31H33FN4O6/c1-16-9-11-19(12-10-16)41-30(39)34-23-15-24-33-18(3)25(28(29(37)38)42-31(4,5)6)26(36(24)35-23)21-14-22(32)27-20(17(21)2)8-7-13-40-27/h9-12,14-15,28H,7-8,13H2,1-6H3,(H,37,38)(H,34,35,39)/t28-/m0/s1. The molecule has 0 radical (unpaired) electrons. The Bertz CT molecular complexity index is 1690. The number of carboxylic acid groups (broad SMARTS) is 1. The number of benzene rings is 2. The second kappa shape index (κ2) is 11.1. The summed E-state index contributed by atoms with van der Waals surface area (Å²) in [6.45, 7) is 11.1. The molecule has 1 aliphatic heterocycles. The van der Waals surface area contributed by atoms with Gasteiger partial charge in [-0.25, -0.2) is 23.5 Å². The van der Waals surface area contributed by atoms with Gasteiger partial charge in [-0.3, -0.25) is 5.32 Å². The Morgan fingerprint density at radius 3 is 2.52 bits per heavy atom. The van der Waals surface area contributed by atoms with Gasteiger partial charge in [0.1, 0.15) is 5.75 Å². The third-order valence-corrected chi connectivity index (χ3v) is 6.94. The van der Waals surface area contributed by atoms with Crippen molar-refractivity contribution < 1.29 is 33.3 Å². The molecular weight excluding hydrogens is 543 g/mol. The number of carboxylic acids is 1. The van der Waals surface area contributed by atoms with Crippen LogP contribution in [0.15, 0.2) is 36.4 Å². The fourth-order valence-electron chi connectivity index (χ4n) is 5.10. The van der Waals surface area contributed by atoms with Gasteiger partial charge in [0.05, 0.1) is 17.9 Å². The average Bonchev–Trinajstić information content (AvgIpc) is 3.31. The summed E-state index contributed by atoms with van der Waals surface area (Å²) in [4.78, 5) is 29.9. The molecular formula is C31H33FN4O6. The van der Waals surface area contributed by atoms with Crippen LogP contribution in [-0.4, -0.2) is 44.0 Å². The number of rotatable bonds is 6. The number of ether oxygens (including phenoxy) is 3. The van der Waals surface area contributed by atoms with Gasteiger partial charge in [0.2, 0.25) is 0 Å². The van der Waals surface area contributed by atoms with Crippen molar-refractivity contribution in [2.45, 2.75) is 66.1 Å². The highest BCUT2D eigenvalue weighted by atomic mass is 19.1. The zero-order chi connectivity index (χ0) is 30.3. The van der Waals surface area contributed by atoms with Crippen LogP contribution < -0.4 is 14.8 Å². The summed E-state index contributed by atoms with van der Waals surface area (Å²) in [7, 11) is 0. The smallest absolute Gasteiger partial charge is 0.418 e. The third kappa shape index (κ3) is 5.78. The second-order valence-electron chi connectivity index (χ2n) is 11.3. The van der Waals surface area contributed by atoms with Crippen molar-refractivity contribution in [3.63, 3.8) is 0 Å². The monoisotopic (exact) mass is 576 g/mol. The number of aryl methyl sites for hydroxylation is 2. The molecule has 2 N–H and O–H groups in total. The van der Waals surface area contributed by atoms with Crippen LogP contribution in [0.1, 0.15) is 61.2 Å². The van der Waals surface area contributed by atoms with E-state index < -0.39 is 29.6 Å². The van der Waals surface area contributed by atoms with Crippen LogP contribution in [-0.2, 0) is 16.0 Å². The molecule has 0 fully saturated rings. The molecule has 0 spiro atoms. The molecule has 220 valence electrons. The molecule has 0 aliphatic carbocycles. The lowest BCUT2D eigenvalue weighted by molar-refractivity contribution is -0.160. The number of halogens is 1. The van der Waals surface area contributed by atoms with Gasteiger partial charge in [0.15, 0.2) is 29.1 Å². The van der Waals surface area contributed by atoms with Crippen molar-refractivity contribution in [2.24, 2.45) is 0 Å². The van der Waals surface area contributed by atoms with Crippen molar-refractivity contribution >= 4 is 23.5 Å². The highest BCUT2D eigenvalue weighted by molar-refractivity contribution is 5.87. The van der Waals surface area contributed by atoms with E-state index in [4.69, 9.17) is 14.2 Å². The zero-order valence-corrected chi connectivity index (χ0v) is 24.4. The van der Waals surface area contributed by atoms with Crippen molar-refractivity contribution in [3.05, 3.63) is 70.2 Å². The van der Waals surface area contributed by atoms with Gasteiger partial charge in [-0.1, -0.05) is 17.7 Å². The molecule has 2 aromatic heterocycles. The molecule has 10 nitrogen and oxygen atoms in total. The van der Waals surface area contributed by atoms with Gasteiger partial charge in [0, 0.05) is 28.5 Å². The number of nitrogens with zero attached hydrogens (tertiary/aromatic N) is 3. The predicted molar refractivity (Wildman–Crippen MR) is 154 cm³/mol. The second-order valence-corrected chi connectivity index (χ2v) is 11.3. The van der Waals surface area contributed by atoms with Crippen LogP contribution in [0, 0.1) is 26.6 Å². The first-order valence-corrected chi connectivity index (χ1v) is 13.6. The molecule has 1 atom stereocenters. The summed E-state index contributed by atoms with van der Waals surface area (Å²) >= 11 is 0. The summed E-state index contributed by atoms with van der Waals surface area (Å²) in [5.41, 5.74) is 3.22. The predicted octanol–water partition coefficient (Wildman–Crippen LogP) is 6.34. The van der Waals surface area contributed by atoms with Crippen molar-refractivity contribution in [3.8, 4) is 22.8 Å².